The fraction of sp³-hybridized carbons (Fsp3) is 0.136. The molecule has 3 aromatic rings. The quantitative estimate of drug-likeness (QED) is 0.750. The van der Waals surface area contributed by atoms with Gasteiger partial charge in [0.15, 0.2) is 5.17 Å². The van der Waals surface area contributed by atoms with Gasteiger partial charge in [0.1, 0.15) is 6.04 Å². The fourth-order valence-electron chi connectivity index (χ4n) is 3.21. The van der Waals surface area contributed by atoms with E-state index in [1.807, 2.05) is 66.7 Å². The molecule has 0 fully saturated rings. The second-order valence-electron chi connectivity index (χ2n) is 6.30. The second-order valence-corrected chi connectivity index (χ2v) is 7.66. The lowest BCUT2D eigenvalue weighted by molar-refractivity contribution is 0.573. The molecule has 130 valence electrons. The Balaban J connectivity index is 1.63. The Morgan fingerprint density at radius 1 is 0.769 bits per heavy atom. The van der Waals surface area contributed by atoms with Gasteiger partial charge in [0, 0.05) is 0 Å². The summed E-state index contributed by atoms with van der Waals surface area (Å²) >= 11 is 0. The zero-order chi connectivity index (χ0) is 17.8. The summed E-state index contributed by atoms with van der Waals surface area (Å²) in [4.78, 5) is 4.82. The molecule has 4 heteroatoms. The molecule has 0 spiro atoms. The summed E-state index contributed by atoms with van der Waals surface area (Å²) in [7, 11) is -1.20. The lowest BCUT2D eigenvalue weighted by Gasteiger charge is -2.19. The van der Waals surface area contributed by atoms with Crippen LogP contribution in [0.2, 0.25) is 0 Å². The summed E-state index contributed by atoms with van der Waals surface area (Å²) in [6, 6.07) is 30.2. The average Bonchev–Trinajstić information content (AvgIpc) is 3.16. The number of hydrogen-bond donors (Lipinski definition) is 1. The van der Waals surface area contributed by atoms with E-state index in [4.69, 9.17) is 4.99 Å². The summed E-state index contributed by atoms with van der Waals surface area (Å²) in [5.74, 6) is 0.468. The lowest BCUT2D eigenvalue weighted by atomic mass is 9.95. The Morgan fingerprint density at radius 3 is 1.92 bits per heavy atom. The van der Waals surface area contributed by atoms with Crippen molar-refractivity contribution in [3.63, 3.8) is 0 Å². The van der Waals surface area contributed by atoms with E-state index in [-0.39, 0.29) is 12.1 Å². The van der Waals surface area contributed by atoms with Gasteiger partial charge >= 0.3 is 0 Å². The topological polar surface area (TPSA) is 41.5 Å². The summed E-state index contributed by atoms with van der Waals surface area (Å²) < 4.78 is 12.9. The number of hydrogen-bond acceptors (Lipinski definition) is 3. The molecule has 0 aromatic heterocycles. The highest BCUT2D eigenvalue weighted by Gasteiger charge is 2.33. The Bertz CT molecular complexity index is 911. The van der Waals surface area contributed by atoms with Gasteiger partial charge in [-0.15, -0.1) is 0 Å². The fourth-order valence-corrected chi connectivity index (χ4v) is 4.33. The van der Waals surface area contributed by atoms with Crippen LogP contribution < -0.4 is 5.32 Å². The Hall–Kier alpha value is -2.72. The number of amidine groups is 1. The molecule has 1 aliphatic rings. The number of rotatable bonds is 4. The molecule has 3 unspecified atom stereocenters. The van der Waals surface area contributed by atoms with E-state index in [0.29, 0.717) is 10.9 Å². The van der Waals surface area contributed by atoms with Gasteiger partial charge in [-0.2, -0.15) is 0 Å². The lowest BCUT2D eigenvalue weighted by Crippen LogP contribution is -2.27. The van der Waals surface area contributed by atoms with Gasteiger partial charge in [0.05, 0.1) is 22.6 Å². The summed E-state index contributed by atoms with van der Waals surface area (Å²) in [6.07, 6.45) is 0. The van der Waals surface area contributed by atoms with Crippen molar-refractivity contribution in [1.82, 2.24) is 5.32 Å². The predicted octanol–water partition coefficient (Wildman–Crippen LogP) is 4.38. The first-order valence-corrected chi connectivity index (χ1v) is 10.00. The maximum Gasteiger partial charge on any atom is 0.189 e. The normalized spacial score (nSPS) is 20.2. The van der Waals surface area contributed by atoms with E-state index in [9.17, 15) is 4.21 Å². The average molecular weight is 360 g/mol. The maximum atomic E-state index is 12.9. The molecule has 26 heavy (non-hydrogen) atoms. The highest BCUT2D eigenvalue weighted by molar-refractivity contribution is 7.99. The first-order valence-electron chi connectivity index (χ1n) is 8.68. The number of nitrogens with zero attached hydrogens (tertiary/aromatic N) is 1. The van der Waals surface area contributed by atoms with Crippen molar-refractivity contribution in [1.29, 1.82) is 0 Å². The van der Waals surface area contributed by atoms with Crippen LogP contribution in [0, 0.1) is 0 Å². The van der Waals surface area contributed by atoms with Crippen LogP contribution in [0.1, 0.15) is 28.8 Å². The molecule has 1 aliphatic heterocycles. The third-order valence-corrected chi connectivity index (χ3v) is 5.76. The van der Waals surface area contributed by atoms with Crippen LogP contribution in [-0.4, -0.2) is 9.38 Å². The van der Waals surface area contributed by atoms with E-state index in [1.54, 1.807) is 0 Å². The summed E-state index contributed by atoms with van der Waals surface area (Å²) in [5.41, 5.74) is 3.33. The molecule has 0 amide bonds. The Kier molecular flexibility index (Phi) is 4.93. The molecular weight excluding hydrogens is 340 g/mol. The summed E-state index contributed by atoms with van der Waals surface area (Å²) in [5, 5.41) is 4.01. The van der Waals surface area contributed by atoms with Crippen LogP contribution in [0.25, 0.3) is 0 Å². The smallest absolute Gasteiger partial charge is 0.189 e. The molecular formula is C22H20N2OS. The molecule has 0 aliphatic carbocycles. The van der Waals surface area contributed by atoms with Crippen molar-refractivity contribution in [2.24, 2.45) is 4.99 Å². The van der Waals surface area contributed by atoms with Gasteiger partial charge in [-0.25, -0.2) is 4.99 Å². The van der Waals surface area contributed by atoms with Gasteiger partial charge < -0.3 is 5.32 Å². The largest absolute Gasteiger partial charge is 0.354 e. The van der Waals surface area contributed by atoms with Crippen LogP contribution in [0.3, 0.4) is 0 Å². The van der Waals surface area contributed by atoms with Gasteiger partial charge in [0.25, 0.3) is 0 Å². The number of nitrogens with one attached hydrogen (secondary N) is 1. The van der Waals surface area contributed by atoms with E-state index in [0.717, 1.165) is 16.7 Å². The van der Waals surface area contributed by atoms with Crippen LogP contribution in [0.15, 0.2) is 96.0 Å². The standard InChI is InChI=1S/C22H20N2OS/c25-26(16-17-10-4-1-5-11-17)22-23-20(18-12-6-2-7-13-18)21(24-22)19-14-8-3-9-15-19/h1-15,20-21H,16H2,(H,23,24). The van der Waals surface area contributed by atoms with Crippen LogP contribution in [0.5, 0.6) is 0 Å². The van der Waals surface area contributed by atoms with Crippen molar-refractivity contribution < 1.29 is 4.21 Å². The second kappa shape index (κ2) is 7.67. The third-order valence-electron chi connectivity index (χ3n) is 4.51. The van der Waals surface area contributed by atoms with E-state index >= 15 is 0 Å². The maximum absolute atomic E-state index is 12.9. The Labute approximate surface area is 156 Å². The molecule has 0 radical (unpaired) electrons. The van der Waals surface area contributed by atoms with Crippen molar-refractivity contribution >= 4 is 16.0 Å². The van der Waals surface area contributed by atoms with Gasteiger partial charge in [-0.1, -0.05) is 91.0 Å². The van der Waals surface area contributed by atoms with Gasteiger partial charge in [0.2, 0.25) is 0 Å². The summed E-state index contributed by atoms with van der Waals surface area (Å²) in [6.45, 7) is 0. The molecule has 3 aromatic carbocycles. The highest BCUT2D eigenvalue weighted by atomic mass is 32.2. The van der Waals surface area contributed by atoms with Crippen LogP contribution in [-0.2, 0) is 16.6 Å². The van der Waals surface area contributed by atoms with Crippen molar-refractivity contribution in [2.75, 3.05) is 0 Å². The molecule has 0 saturated heterocycles. The van der Waals surface area contributed by atoms with E-state index in [1.165, 1.54) is 0 Å². The SMILES string of the molecule is O=S(Cc1ccccc1)C1=NC(c2ccccc2)C(c2ccccc2)N1. The number of aliphatic imine (C=N–C) groups is 1. The molecule has 3 nitrogen and oxygen atoms in total. The minimum Gasteiger partial charge on any atom is -0.354 e. The van der Waals surface area contributed by atoms with Crippen molar-refractivity contribution in [3.8, 4) is 0 Å². The Morgan fingerprint density at radius 2 is 1.31 bits per heavy atom. The number of benzene rings is 3. The zero-order valence-corrected chi connectivity index (χ0v) is 15.1. The van der Waals surface area contributed by atoms with Crippen LogP contribution in [0.4, 0.5) is 0 Å². The molecule has 1 heterocycles. The monoisotopic (exact) mass is 360 g/mol. The van der Waals surface area contributed by atoms with Crippen molar-refractivity contribution in [3.05, 3.63) is 108 Å². The van der Waals surface area contributed by atoms with E-state index < -0.39 is 10.8 Å². The predicted molar refractivity (Wildman–Crippen MR) is 107 cm³/mol. The molecule has 0 saturated carbocycles. The van der Waals surface area contributed by atoms with Crippen molar-refractivity contribution in [2.45, 2.75) is 17.8 Å². The van der Waals surface area contributed by atoms with Crippen LogP contribution >= 0.6 is 0 Å². The van der Waals surface area contributed by atoms with E-state index in [2.05, 4.69) is 29.6 Å². The van der Waals surface area contributed by atoms with Gasteiger partial charge in [-0.05, 0) is 16.7 Å². The van der Waals surface area contributed by atoms with Gasteiger partial charge in [-0.3, -0.25) is 4.21 Å². The minimum atomic E-state index is -1.20. The third kappa shape index (κ3) is 3.60. The first-order chi connectivity index (χ1) is 12.8. The molecule has 0 bridgehead atoms. The highest BCUT2D eigenvalue weighted by Crippen LogP contribution is 2.36. The minimum absolute atomic E-state index is 0.00618. The molecule has 1 N–H and O–H groups in total. The zero-order valence-electron chi connectivity index (χ0n) is 14.3. The first kappa shape index (κ1) is 16.7. The molecule has 4 rings (SSSR count). The molecule has 3 atom stereocenters.